The van der Waals surface area contributed by atoms with Crippen molar-refractivity contribution in [1.29, 1.82) is 0 Å². The van der Waals surface area contributed by atoms with Crippen molar-refractivity contribution >= 4 is 6.09 Å². The molecule has 2 atom stereocenters. The van der Waals surface area contributed by atoms with E-state index >= 15 is 0 Å². The van der Waals surface area contributed by atoms with Gasteiger partial charge in [0.25, 0.3) is 0 Å². The topological polar surface area (TPSA) is 73.6 Å². The molecule has 1 aromatic rings. The highest BCUT2D eigenvalue weighted by Crippen LogP contribution is 2.04. The number of alkyl carbamates (subject to hydrolysis) is 1. The number of nitrogens with two attached hydrogens (primary N) is 1. The van der Waals surface area contributed by atoms with Crippen LogP contribution in [0.3, 0.4) is 0 Å². The maximum Gasteiger partial charge on any atom is 0.407 e. The van der Waals surface area contributed by atoms with Crippen molar-refractivity contribution in [3.05, 3.63) is 35.9 Å². The molecule has 3 N–H and O–H groups in total. The molecule has 0 bridgehead atoms. The Bertz CT molecular complexity index is 369. The summed E-state index contributed by atoms with van der Waals surface area (Å²) in [6, 6.07) is 9.21. The number of nitrogens with one attached hydrogen (secondary N) is 1. The molecule has 1 aliphatic heterocycles. The molecule has 0 unspecified atom stereocenters. The van der Waals surface area contributed by atoms with Gasteiger partial charge >= 0.3 is 6.09 Å². The highest BCUT2D eigenvalue weighted by molar-refractivity contribution is 5.67. The second kappa shape index (κ2) is 5.65. The first-order valence-electron chi connectivity index (χ1n) is 5.56. The van der Waals surface area contributed by atoms with Crippen LogP contribution >= 0.6 is 0 Å². The van der Waals surface area contributed by atoms with Crippen molar-refractivity contribution in [2.75, 3.05) is 13.2 Å². The molecule has 0 radical (unpaired) electrons. The SMILES string of the molecule is N[C@@H]1COC[C@@H]1NC(=O)OCc1ccccc1. The fraction of sp³-hybridized carbons (Fsp3) is 0.417. The quantitative estimate of drug-likeness (QED) is 0.807. The molecular formula is C12H16N2O3. The zero-order chi connectivity index (χ0) is 12.1. The monoisotopic (exact) mass is 236 g/mol. The van der Waals surface area contributed by atoms with E-state index in [1.165, 1.54) is 0 Å². The Morgan fingerprint density at radius 2 is 2.18 bits per heavy atom. The van der Waals surface area contributed by atoms with Crippen molar-refractivity contribution in [1.82, 2.24) is 5.32 Å². The van der Waals surface area contributed by atoms with Crippen LogP contribution in [0.15, 0.2) is 30.3 Å². The molecular weight excluding hydrogens is 220 g/mol. The Hall–Kier alpha value is -1.59. The van der Waals surface area contributed by atoms with E-state index < -0.39 is 6.09 Å². The average molecular weight is 236 g/mol. The van der Waals surface area contributed by atoms with Gasteiger partial charge in [0.05, 0.1) is 25.3 Å². The second-order valence-corrected chi connectivity index (χ2v) is 4.01. The molecule has 17 heavy (non-hydrogen) atoms. The van der Waals surface area contributed by atoms with Gasteiger partial charge in [0.15, 0.2) is 0 Å². The van der Waals surface area contributed by atoms with Crippen LogP contribution in [0.2, 0.25) is 0 Å². The minimum atomic E-state index is -0.459. The van der Waals surface area contributed by atoms with E-state index in [9.17, 15) is 4.79 Å². The highest BCUT2D eigenvalue weighted by Gasteiger charge is 2.26. The van der Waals surface area contributed by atoms with Crippen molar-refractivity contribution in [2.24, 2.45) is 5.73 Å². The van der Waals surface area contributed by atoms with Crippen LogP contribution in [0, 0.1) is 0 Å². The third-order valence-corrected chi connectivity index (χ3v) is 2.64. The first-order valence-corrected chi connectivity index (χ1v) is 5.56. The molecule has 1 aromatic carbocycles. The number of ether oxygens (including phenoxy) is 2. The third kappa shape index (κ3) is 3.44. The lowest BCUT2D eigenvalue weighted by molar-refractivity contribution is 0.132. The normalized spacial score (nSPS) is 23.4. The van der Waals surface area contributed by atoms with E-state index in [0.29, 0.717) is 13.2 Å². The standard InChI is InChI=1S/C12H16N2O3/c13-10-7-16-8-11(10)14-12(15)17-6-9-4-2-1-3-5-9/h1-5,10-11H,6-8,13H2,(H,14,15)/t10-,11+/m1/s1. The summed E-state index contributed by atoms with van der Waals surface area (Å²) in [5.41, 5.74) is 6.69. The predicted octanol–water partition coefficient (Wildman–Crippen LogP) is 0.639. The molecule has 0 spiro atoms. The molecule has 1 saturated heterocycles. The van der Waals surface area contributed by atoms with E-state index in [4.69, 9.17) is 15.2 Å². The number of hydrogen-bond acceptors (Lipinski definition) is 4. The Labute approximate surface area is 99.9 Å². The van der Waals surface area contributed by atoms with E-state index in [0.717, 1.165) is 5.56 Å². The van der Waals surface area contributed by atoms with Gasteiger partial charge in [-0.05, 0) is 5.56 Å². The van der Waals surface area contributed by atoms with E-state index in [1.54, 1.807) is 0 Å². The minimum absolute atomic E-state index is 0.153. The van der Waals surface area contributed by atoms with Gasteiger partial charge in [-0.2, -0.15) is 0 Å². The predicted molar refractivity (Wildman–Crippen MR) is 62.3 cm³/mol. The van der Waals surface area contributed by atoms with Crippen molar-refractivity contribution < 1.29 is 14.3 Å². The van der Waals surface area contributed by atoms with Crippen LogP contribution in [0.25, 0.3) is 0 Å². The number of rotatable bonds is 3. The van der Waals surface area contributed by atoms with Gasteiger partial charge in [-0.3, -0.25) is 0 Å². The molecule has 0 aliphatic carbocycles. The number of hydrogen-bond donors (Lipinski definition) is 2. The van der Waals surface area contributed by atoms with Gasteiger partial charge in [0.2, 0.25) is 0 Å². The number of carbonyl (C=O) groups is 1. The summed E-state index contributed by atoms with van der Waals surface area (Å²) in [5.74, 6) is 0. The number of carbonyl (C=O) groups excluding carboxylic acids is 1. The van der Waals surface area contributed by atoms with Crippen LogP contribution in [0.4, 0.5) is 4.79 Å². The molecule has 5 nitrogen and oxygen atoms in total. The largest absolute Gasteiger partial charge is 0.445 e. The summed E-state index contributed by atoms with van der Waals surface area (Å²) in [7, 11) is 0. The Morgan fingerprint density at radius 3 is 2.82 bits per heavy atom. The van der Waals surface area contributed by atoms with Crippen LogP contribution in [-0.2, 0) is 16.1 Å². The Balaban J connectivity index is 1.74. The third-order valence-electron chi connectivity index (χ3n) is 2.64. The van der Waals surface area contributed by atoms with Gasteiger partial charge in [-0.15, -0.1) is 0 Å². The summed E-state index contributed by atoms with van der Waals surface area (Å²) in [6.45, 7) is 1.18. The first-order chi connectivity index (χ1) is 8.25. The lowest BCUT2D eigenvalue weighted by Crippen LogP contribution is -2.46. The lowest BCUT2D eigenvalue weighted by atomic mass is 10.2. The van der Waals surface area contributed by atoms with Gasteiger partial charge in [0, 0.05) is 0 Å². The molecule has 1 fully saturated rings. The van der Waals surface area contributed by atoms with Crippen molar-refractivity contribution in [2.45, 2.75) is 18.7 Å². The van der Waals surface area contributed by atoms with Crippen molar-refractivity contribution in [3.8, 4) is 0 Å². The fourth-order valence-electron chi connectivity index (χ4n) is 1.64. The van der Waals surface area contributed by atoms with Crippen molar-refractivity contribution in [3.63, 3.8) is 0 Å². The lowest BCUT2D eigenvalue weighted by Gasteiger charge is -2.15. The molecule has 5 heteroatoms. The molecule has 0 saturated carbocycles. The smallest absolute Gasteiger partial charge is 0.407 e. The van der Waals surface area contributed by atoms with E-state index in [2.05, 4.69) is 5.32 Å². The molecule has 92 valence electrons. The first kappa shape index (κ1) is 11.9. The zero-order valence-corrected chi connectivity index (χ0v) is 9.46. The Kier molecular flexibility index (Phi) is 3.95. The van der Waals surface area contributed by atoms with Gasteiger partial charge in [0.1, 0.15) is 6.61 Å². The van der Waals surface area contributed by atoms with Gasteiger partial charge < -0.3 is 20.5 Å². The maximum atomic E-state index is 11.5. The molecule has 1 aliphatic rings. The van der Waals surface area contributed by atoms with E-state index in [-0.39, 0.29) is 18.7 Å². The summed E-state index contributed by atoms with van der Waals surface area (Å²) in [4.78, 5) is 11.5. The summed E-state index contributed by atoms with van der Waals surface area (Å²) < 4.78 is 10.2. The Morgan fingerprint density at radius 1 is 1.41 bits per heavy atom. The molecule has 1 amide bonds. The second-order valence-electron chi connectivity index (χ2n) is 4.01. The van der Waals surface area contributed by atoms with Gasteiger partial charge in [-0.25, -0.2) is 4.79 Å². The fourth-order valence-corrected chi connectivity index (χ4v) is 1.64. The number of benzene rings is 1. The van der Waals surface area contributed by atoms with E-state index in [1.807, 2.05) is 30.3 Å². The van der Waals surface area contributed by atoms with Gasteiger partial charge in [-0.1, -0.05) is 30.3 Å². The summed E-state index contributed by atoms with van der Waals surface area (Å²) >= 11 is 0. The summed E-state index contributed by atoms with van der Waals surface area (Å²) in [5, 5.41) is 2.69. The average Bonchev–Trinajstić information content (AvgIpc) is 2.74. The number of amides is 1. The van der Waals surface area contributed by atoms with Crippen LogP contribution in [-0.4, -0.2) is 31.4 Å². The maximum absolute atomic E-state index is 11.5. The molecule has 2 rings (SSSR count). The highest BCUT2D eigenvalue weighted by atomic mass is 16.5. The van der Waals surface area contributed by atoms with Crippen LogP contribution in [0.1, 0.15) is 5.56 Å². The van der Waals surface area contributed by atoms with Crippen LogP contribution in [0.5, 0.6) is 0 Å². The minimum Gasteiger partial charge on any atom is -0.445 e. The molecule has 0 aromatic heterocycles. The summed E-state index contributed by atoms with van der Waals surface area (Å²) in [6.07, 6.45) is -0.459. The van der Waals surface area contributed by atoms with Crippen LogP contribution < -0.4 is 11.1 Å². The zero-order valence-electron chi connectivity index (χ0n) is 9.46. The molecule has 1 heterocycles.